The fraction of sp³-hybridized carbons (Fsp3) is 0.409. The summed E-state index contributed by atoms with van der Waals surface area (Å²) in [6.45, 7) is 3.00. The fourth-order valence-corrected chi connectivity index (χ4v) is 3.85. The Morgan fingerprint density at radius 1 is 1.20 bits per heavy atom. The van der Waals surface area contributed by atoms with Crippen LogP contribution in [0.15, 0.2) is 42.7 Å². The highest BCUT2D eigenvalue weighted by Crippen LogP contribution is 2.36. The van der Waals surface area contributed by atoms with Crippen LogP contribution in [0, 0.1) is 0 Å². The van der Waals surface area contributed by atoms with Gasteiger partial charge in [0, 0.05) is 38.2 Å². The van der Waals surface area contributed by atoms with Crippen LogP contribution in [-0.2, 0) is 13.1 Å². The number of aryl methyl sites for hydroxylation is 1. The Labute approximate surface area is 173 Å². The molecule has 0 saturated heterocycles. The lowest BCUT2D eigenvalue weighted by atomic mass is 9.92. The second-order valence-electron chi connectivity index (χ2n) is 7.69. The van der Waals surface area contributed by atoms with Crippen LogP contribution in [0.3, 0.4) is 0 Å². The highest BCUT2D eigenvalue weighted by Gasteiger charge is 2.35. The van der Waals surface area contributed by atoms with Crippen molar-refractivity contribution in [2.24, 2.45) is 0 Å². The average Bonchev–Trinajstić information content (AvgIpc) is 3.18. The summed E-state index contributed by atoms with van der Waals surface area (Å²) in [6, 6.07) is 9.51. The number of aromatic nitrogens is 3. The van der Waals surface area contributed by atoms with Crippen molar-refractivity contribution in [2.75, 3.05) is 5.32 Å². The summed E-state index contributed by atoms with van der Waals surface area (Å²) >= 11 is 0. The zero-order valence-corrected chi connectivity index (χ0v) is 16.9. The highest BCUT2D eigenvalue weighted by molar-refractivity contribution is 6.06. The predicted octanol–water partition coefficient (Wildman–Crippen LogP) is 4.37. The number of fused-ring (bicyclic) bond motifs is 1. The van der Waals surface area contributed by atoms with Gasteiger partial charge in [-0.2, -0.15) is 5.10 Å². The summed E-state index contributed by atoms with van der Waals surface area (Å²) in [4.78, 5) is 17.4. The molecule has 1 amide bonds. The SMILES string of the molecule is CCn1ncc2c(NC3CCC(F)(F)CC3)c(C(=O)NCc3ccccc3)cnc21. The lowest BCUT2D eigenvalue weighted by molar-refractivity contribution is -0.0360. The third-order valence-corrected chi connectivity index (χ3v) is 5.57. The molecule has 2 aromatic heterocycles. The molecule has 1 saturated carbocycles. The molecule has 3 aromatic rings. The number of hydrogen-bond acceptors (Lipinski definition) is 4. The first-order chi connectivity index (χ1) is 14.5. The molecule has 0 aliphatic heterocycles. The van der Waals surface area contributed by atoms with Crippen LogP contribution in [-0.4, -0.2) is 32.6 Å². The van der Waals surface area contributed by atoms with Gasteiger partial charge in [-0.1, -0.05) is 30.3 Å². The maximum atomic E-state index is 13.6. The van der Waals surface area contributed by atoms with Crippen molar-refractivity contribution in [1.29, 1.82) is 0 Å². The van der Waals surface area contributed by atoms with Crippen LogP contribution < -0.4 is 10.6 Å². The van der Waals surface area contributed by atoms with Crippen molar-refractivity contribution in [1.82, 2.24) is 20.1 Å². The van der Waals surface area contributed by atoms with Crippen LogP contribution >= 0.6 is 0 Å². The van der Waals surface area contributed by atoms with Crippen molar-refractivity contribution < 1.29 is 13.6 Å². The van der Waals surface area contributed by atoms with Gasteiger partial charge in [-0.15, -0.1) is 0 Å². The van der Waals surface area contributed by atoms with Gasteiger partial charge in [-0.05, 0) is 25.3 Å². The summed E-state index contributed by atoms with van der Waals surface area (Å²) in [7, 11) is 0. The largest absolute Gasteiger partial charge is 0.381 e. The smallest absolute Gasteiger partial charge is 0.255 e. The van der Waals surface area contributed by atoms with E-state index in [-0.39, 0.29) is 24.8 Å². The van der Waals surface area contributed by atoms with E-state index in [4.69, 9.17) is 0 Å². The summed E-state index contributed by atoms with van der Waals surface area (Å²) in [5.74, 6) is -2.87. The van der Waals surface area contributed by atoms with Crippen molar-refractivity contribution in [2.45, 2.75) is 57.7 Å². The second-order valence-corrected chi connectivity index (χ2v) is 7.69. The Morgan fingerprint density at radius 2 is 1.93 bits per heavy atom. The normalized spacial score (nSPS) is 16.5. The van der Waals surface area contributed by atoms with Crippen LogP contribution in [0.5, 0.6) is 0 Å². The first kappa shape index (κ1) is 20.3. The van der Waals surface area contributed by atoms with E-state index < -0.39 is 5.92 Å². The summed E-state index contributed by atoms with van der Waals surface area (Å²) in [5, 5.41) is 11.4. The monoisotopic (exact) mass is 413 g/mol. The topological polar surface area (TPSA) is 71.8 Å². The molecule has 1 fully saturated rings. The lowest BCUT2D eigenvalue weighted by Crippen LogP contribution is -2.33. The number of halogens is 2. The molecule has 158 valence electrons. The van der Waals surface area contributed by atoms with Crippen LogP contribution in [0.2, 0.25) is 0 Å². The molecule has 2 heterocycles. The van der Waals surface area contributed by atoms with Crippen LogP contribution in [0.1, 0.15) is 48.5 Å². The highest BCUT2D eigenvalue weighted by atomic mass is 19.3. The first-order valence-corrected chi connectivity index (χ1v) is 10.3. The van der Waals surface area contributed by atoms with Crippen molar-refractivity contribution in [3.8, 4) is 0 Å². The van der Waals surface area contributed by atoms with E-state index in [2.05, 4.69) is 20.7 Å². The Hall–Kier alpha value is -3.03. The van der Waals surface area contributed by atoms with Gasteiger partial charge in [0.2, 0.25) is 5.92 Å². The number of benzene rings is 1. The number of rotatable bonds is 6. The van der Waals surface area contributed by atoms with Crippen molar-refractivity contribution in [3.63, 3.8) is 0 Å². The van der Waals surface area contributed by atoms with E-state index in [1.54, 1.807) is 10.9 Å². The van der Waals surface area contributed by atoms with Crippen LogP contribution in [0.25, 0.3) is 11.0 Å². The van der Waals surface area contributed by atoms with Gasteiger partial charge in [-0.3, -0.25) is 4.79 Å². The molecule has 1 aromatic carbocycles. The standard InChI is InChI=1S/C22H25F2N5O/c1-2-29-20-17(14-27-29)19(28-16-8-10-22(23,24)11-9-16)18(13-25-20)21(30)26-12-15-6-4-3-5-7-15/h3-7,13-14,16H,2,8-12H2,1H3,(H,25,28)(H,26,30). The number of carbonyl (C=O) groups is 1. The van der Waals surface area contributed by atoms with Gasteiger partial charge < -0.3 is 10.6 Å². The molecule has 4 rings (SSSR count). The molecule has 8 heteroatoms. The first-order valence-electron chi connectivity index (χ1n) is 10.3. The molecule has 0 unspecified atom stereocenters. The quantitative estimate of drug-likeness (QED) is 0.629. The zero-order valence-electron chi connectivity index (χ0n) is 16.9. The third-order valence-electron chi connectivity index (χ3n) is 5.57. The van der Waals surface area contributed by atoms with Gasteiger partial charge in [0.05, 0.1) is 22.8 Å². The molecular weight excluding hydrogens is 388 g/mol. The molecule has 30 heavy (non-hydrogen) atoms. The number of alkyl halides is 2. The van der Waals surface area contributed by atoms with E-state index in [1.165, 1.54) is 6.20 Å². The minimum absolute atomic E-state index is 0.124. The van der Waals surface area contributed by atoms with Gasteiger partial charge in [0.25, 0.3) is 5.91 Å². The van der Waals surface area contributed by atoms with E-state index in [0.717, 1.165) is 10.9 Å². The van der Waals surface area contributed by atoms with Crippen molar-refractivity contribution >= 4 is 22.6 Å². The number of nitrogens with zero attached hydrogens (tertiary/aromatic N) is 3. The molecule has 0 bridgehead atoms. The Kier molecular flexibility index (Phi) is 5.65. The number of anilines is 1. The summed E-state index contributed by atoms with van der Waals surface area (Å²) in [6.07, 6.45) is 3.62. The molecule has 0 spiro atoms. The van der Waals surface area contributed by atoms with Gasteiger partial charge in [0.1, 0.15) is 0 Å². The minimum Gasteiger partial charge on any atom is -0.381 e. The number of nitrogens with one attached hydrogen (secondary N) is 2. The number of hydrogen-bond donors (Lipinski definition) is 2. The van der Waals surface area contributed by atoms with E-state index in [0.29, 0.717) is 42.8 Å². The zero-order chi connectivity index (χ0) is 21.1. The van der Waals surface area contributed by atoms with E-state index in [1.807, 2.05) is 37.3 Å². The maximum absolute atomic E-state index is 13.6. The summed E-state index contributed by atoms with van der Waals surface area (Å²) < 4.78 is 28.9. The van der Waals surface area contributed by atoms with E-state index in [9.17, 15) is 13.6 Å². The minimum atomic E-state index is -2.60. The summed E-state index contributed by atoms with van der Waals surface area (Å²) in [5.41, 5.74) is 2.66. The maximum Gasteiger partial charge on any atom is 0.255 e. The molecule has 2 N–H and O–H groups in total. The molecule has 0 radical (unpaired) electrons. The predicted molar refractivity (Wildman–Crippen MR) is 112 cm³/mol. The number of carbonyl (C=O) groups excluding carboxylic acids is 1. The Morgan fingerprint density at radius 3 is 2.63 bits per heavy atom. The van der Waals surface area contributed by atoms with Crippen molar-refractivity contribution in [3.05, 3.63) is 53.9 Å². The second kappa shape index (κ2) is 8.38. The molecular formula is C22H25F2N5O. The molecule has 6 nitrogen and oxygen atoms in total. The molecule has 1 aliphatic carbocycles. The number of pyridine rings is 1. The lowest BCUT2D eigenvalue weighted by Gasteiger charge is -2.30. The van der Waals surface area contributed by atoms with Gasteiger partial charge >= 0.3 is 0 Å². The van der Waals surface area contributed by atoms with Gasteiger partial charge in [0.15, 0.2) is 5.65 Å². The molecule has 0 atom stereocenters. The van der Waals surface area contributed by atoms with Crippen LogP contribution in [0.4, 0.5) is 14.5 Å². The molecule has 1 aliphatic rings. The third kappa shape index (κ3) is 4.27. The number of amides is 1. The average molecular weight is 413 g/mol. The van der Waals surface area contributed by atoms with E-state index >= 15 is 0 Å². The Bertz CT molecular complexity index is 1020. The van der Waals surface area contributed by atoms with Gasteiger partial charge in [-0.25, -0.2) is 18.4 Å². The fourth-order valence-electron chi connectivity index (χ4n) is 3.85. The Balaban J connectivity index is 1.61.